The van der Waals surface area contributed by atoms with Crippen LogP contribution in [-0.2, 0) is 0 Å². The number of nitrogens with zero attached hydrogens (tertiary/aromatic N) is 2. The van der Waals surface area contributed by atoms with E-state index < -0.39 is 4.92 Å². The van der Waals surface area contributed by atoms with Crippen molar-refractivity contribution in [3.63, 3.8) is 0 Å². The quantitative estimate of drug-likeness (QED) is 0.370. The molecule has 6 nitrogen and oxygen atoms in total. The number of para-hydroxylation sites is 1. The molecule has 0 fully saturated rings. The zero-order valence-electron chi connectivity index (χ0n) is 8.26. The highest BCUT2D eigenvalue weighted by molar-refractivity contribution is 7.98. The minimum Gasteiger partial charge on any atom is -0.301 e. The Hall–Kier alpha value is -1.89. The van der Waals surface area contributed by atoms with Gasteiger partial charge in [0.25, 0.3) is 11.2 Å². The average molecular weight is 237 g/mol. The van der Waals surface area contributed by atoms with Crippen LogP contribution in [0.1, 0.15) is 0 Å². The molecule has 16 heavy (non-hydrogen) atoms. The lowest BCUT2D eigenvalue weighted by atomic mass is 10.2. The van der Waals surface area contributed by atoms with Crippen molar-refractivity contribution in [1.29, 1.82) is 0 Å². The fraction of sp³-hybridized carbons (Fsp3) is 0.111. The number of nitrogens with one attached hydrogen (secondary N) is 1. The monoisotopic (exact) mass is 237 g/mol. The van der Waals surface area contributed by atoms with E-state index in [1.165, 1.54) is 30.0 Å². The Morgan fingerprint density at radius 1 is 1.50 bits per heavy atom. The Morgan fingerprint density at radius 3 is 2.88 bits per heavy atom. The van der Waals surface area contributed by atoms with E-state index in [1.54, 1.807) is 6.26 Å². The lowest BCUT2D eigenvalue weighted by Gasteiger charge is -2.00. The number of hydrogen-bond donors (Lipinski definition) is 1. The van der Waals surface area contributed by atoms with Gasteiger partial charge < -0.3 is 4.98 Å². The molecule has 1 aromatic carbocycles. The van der Waals surface area contributed by atoms with Gasteiger partial charge in [-0.25, -0.2) is 4.98 Å². The number of hydrogen-bond acceptors (Lipinski definition) is 5. The Bertz CT molecular complexity index is 623. The van der Waals surface area contributed by atoms with Gasteiger partial charge in [0.15, 0.2) is 10.7 Å². The standard InChI is InChI=1S/C9H7N3O3S/c1-16-9-10-7-5(8(13)11-9)3-2-4-6(7)12(14)15/h2-4H,1H3,(H,10,11,13). The molecule has 0 saturated carbocycles. The van der Waals surface area contributed by atoms with Crippen LogP contribution >= 0.6 is 11.8 Å². The number of rotatable bonds is 2. The number of aromatic nitrogens is 2. The van der Waals surface area contributed by atoms with Crippen molar-refractivity contribution in [2.45, 2.75) is 5.16 Å². The van der Waals surface area contributed by atoms with Crippen LogP contribution in [0.3, 0.4) is 0 Å². The number of nitro groups is 1. The zero-order valence-corrected chi connectivity index (χ0v) is 9.08. The number of thioether (sulfide) groups is 1. The summed E-state index contributed by atoms with van der Waals surface area (Å²) in [5.74, 6) is 0. The second-order valence-electron chi connectivity index (χ2n) is 3.01. The number of nitro benzene ring substituents is 1. The van der Waals surface area contributed by atoms with E-state index in [4.69, 9.17) is 0 Å². The molecule has 0 aliphatic heterocycles. The molecule has 0 bridgehead atoms. The molecule has 0 unspecified atom stereocenters. The Balaban J connectivity index is 2.90. The van der Waals surface area contributed by atoms with Gasteiger partial charge >= 0.3 is 0 Å². The predicted octanol–water partition coefficient (Wildman–Crippen LogP) is 1.55. The fourth-order valence-corrected chi connectivity index (χ4v) is 1.75. The van der Waals surface area contributed by atoms with Gasteiger partial charge in [0, 0.05) is 6.07 Å². The minimum absolute atomic E-state index is 0.126. The minimum atomic E-state index is -0.543. The maximum Gasteiger partial charge on any atom is 0.295 e. The third-order valence-corrected chi connectivity index (χ3v) is 2.66. The van der Waals surface area contributed by atoms with E-state index in [-0.39, 0.29) is 22.1 Å². The predicted molar refractivity (Wildman–Crippen MR) is 60.8 cm³/mol. The van der Waals surface area contributed by atoms with Crippen LogP contribution in [0.2, 0.25) is 0 Å². The molecule has 2 rings (SSSR count). The summed E-state index contributed by atoms with van der Waals surface area (Å²) in [6.07, 6.45) is 1.74. The maximum absolute atomic E-state index is 11.6. The lowest BCUT2D eigenvalue weighted by Crippen LogP contribution is -2.09. The molecule has 0 atom stereocenters. The van der Waals surface area contributed by atoms with Crippen LogP contribution in [0.15, 0.2) is 28.2 Å². The molecule has 7 heteroatoms. The summed E-state index contributed by atoms with van der Waals surface area (Å²) in [7, 11) is 0. The normalized spacial score (nSPS) is 10.6. The van der Waals surface area contributed by atoms with Crippen LogP contribution in [0.5, 0.6) is 0 Å². The first kappa shape index (κ1) is 10.6. The number of H-pyrrole nitrogens is 1. The molecule has 0 aliphatic carbocycles. The first-order chi connectivity index (χ1) is 7.63. The van der Waals surface area contributed by atoms with Crippen LogP contribution in [0.4, 0.5) is 5.69 Å². The Morgan fingerprint density at radius 2 is 2.25 bits per heavy atom. The first-order valence-electron chi connectivity index (χ1n) is 4.35. The van der Waals surface area contributed by atoms with Crippen molar-refractivity contribution in [3.8, 4) is 0 Å². The second-order valence-corrected chi connectivity index (χ2v) is 3.80. The van der Waals surface area contributed by atoms with Gasteiger partial charge in [-0.1, -0.05) is 17.8 Å². The van der Waals surface area contributed by atoms with Gasteiger partial charge in [-0.05, 0) is 12.3 Å². The van der Waals surface area contributed by atoms with Gasteiger partial charge in [-0.15, -0.1) is 0 Å². The molecule has 2 aromatic rings. The maximum atomic E-state index is 11.6. The summed E-state index contributed by atoms with van der Waals surface area (Å²) >= 11 is 1.23. The molecule has 82 valence electrons. The van der Waals surface area contributed by atoms with Crippen molar-refractivity contribution in [1.82, 2.24) is 9.97 Å². The number of aromatic amines is 1. The first-order valence-corrected chi connectivity index (χ1v) is 5.57. The van der Waals surface area contributed by atoms with Gasteiger partial charge in [0.1, 0.15) is 0 Å². The van der Waals surface area contributed by atoms with E-state index in [2.05, 4.69) is 9.97 Å². The smallest absolute Gasteiger partial charge is 0.295 e. The molecule has 1 heterocycles. The summed E-state index contributed by atoms with van der Waals surface area (Å²) in [6.45, 7) is 0. The van der Waals surface area contributed by atoms with Crippen molar-refractivity contribution in [3.05, 3.63) is 38.7 Å². The van der Waals surface area contributed by atoms with Gasteiger partial charge in [0.2, 0.25) is 0 Å². The van der Waals surface area contributed by atoms with Gasteiger partial charge in [-0.2, -0.15) is 0 Å². The van der Waals surface area contributed by atoms with Crippen molar-refractivity contribution < 1.29 is 4.92 Å². The lowest BCUT2D eigenvalue weighted by molar-refractivity contribution is -0.383. The van der Waals surface area contributed by atoms with E-state index in [9.17, 15) is 14.9 Å². The van der Waals surface area contributed by atoms with Crippen molar-refractivity contribution >= 4 is 28.4 Å². The molecular formula is C9H7N3O3S. The molecule has 1 N–H and O–H groups in total. The SMILES string of the molecule is CSc1nc2c([N+](=O)[O-])cccc2c(=O)[nH]1. The molecule has 0 aliphatic rings. The van der Waals surface area contributed by atoms with Crippen LogP contribution < -0.4 is 5.56 Å². The fourth-order valence-electron chi connectivity index (χ4n) is 1.37. The van der Waals surface area contributed by atoms with Crippen LogP contribution in [0, 0.1) is 10.1 Å². The topological polar surface area (TPSA) is 88.9 Å². The van der Waals surface area contributed by atoms with E-state index >= 15 is 0 Å². The highest BCUT2D eigenvalue weighted by Crippen LogP contribution is 2.22. The van der Waals surface area contributed by atoms with E-state index in [1.807, 2.05) is 0 Å². The van der Waals surface area contributed by atoms with Crippen LogP contribution in [0.25, 0.3) is 10.9 Å². The largest absolute Gasteiger partial charge is 0.301 e. The highest BCUT2D eigenvalue weighted by Gasteiger charge is 2.15. The Labute approximate surface area is 93.9 Å². The molecule has 0 spiro atoms. The summed E-state index contributed by atoms with van der Waals surface area (Å²) < 4.78 is 0. The third kappa shape index (κ3) is 1.65. The third-order valence-electron chi connectivity index (χ3n) is 2.08. The molecule has 0 saturated heterocycles. The van der Waals surface area contributed by atoms with Crippen LogP contribution in [-0.4, -0.2) is 21.1 Å². The van der Waals surface area contributed by atoms with E-state index in [0.29, 0.717) is 5.16 Å². The zero-order chi connectivity index (χ0) is 11.7. The number of fused-ring (bicyclic) bond motifs is 1. The van der Waals surface area contributed by atoms with E-state index in [0.717, 1.165) is 0 Å². The summed E-state index contributed by atoms with van der Waals surface area (Å²) in [5.41, 5.74) is -0.391. The number of benzene rings is 1. The summed E-state index contributed by atoms with van der Waals surface area (Å²) in [6, 6.07) is 4.31. The molecule has 0 radical (unpaired) electrons. The number of non-ortho nitro benzene ring substituents is 1. The molecule has 0 amide bonds. The van der Waals surface area contributed by atoms with Crippen molar-refractivity contribution in [2.75, 3.05) is 6.26 Å². The van der Waals surface area contributed by atoms with Gasteiger partial charge in [-0.3, -0.25) is 14.9 Å². The molecule has 1 aromatic heterocycles. The average Bonchev–Trinajstić information content (AvgIpc) is 2.28. The van der Waals surface area contributed by atoms with Crippen molar-refractivity contribution in [2.24, 2.45) is 0 Å². The van der Waals surface area contributed by atoms with Gasteiger partial charge in [0.05, 0.1) is 10.3 Å². The Kier molecular flexibility index (Phi) is 2.61. The molecular weight excluding hydrogens is 230 g/mol. The second kappa shape index (κ2) is 3.93. The highest BCUT2D eigenvalue weighted by atomic mass is 32.2. The summed E-state index contributed by atoms with van der Waals surface area (Å²) in [5, 5.41) is 11.4. The summed E-state index contributed by atoms with van der Waals surface area (Å²) in [4.78, 5) is 28.4.